The van der Waals surface area contributed by atoms with E-state index in [1.807, 2.05) is 31.2 Å². The summed E-state index contributed by atoms with van der Waals surface area (Å²) in [5.74, 6) is 0.0620. The van der Waals surface area contributed by atoms with Gasteiger partial charge in [-0.15, -0.1) is 0 Å². The van der Waals surface area contributed by atoms with E-state index >= 15 is 0 Å². The Balaban J connectivity index is 1.58. The molecule has 2 heterocycles. The molecule has 1 amide bonds. The third-order valence-electron chi connectivity index (χ3n) is 5.26. The lowest BCUT2D eigenvalue weighted by Gasteiger charge is -2.32. The molecule has 1 aliphatic heterocycles. The summed E-state index contributed by atoms with van der Waals surface area (Å²) in [6, 6.07) is 13.4. The van der Waals surface area contributed by atoms with E-state index in [1.165, 1.54) is 11.8 Å². The lowest BCUT2D eigenvalue weighted by atomic mass is 9.79. The minimum atomic E-state index is -0.532. The van der Waals surface area contributed by atoms with E-state index in [4.69, 9.17) is 4.42 Å². The summed E-state index contributed by atoms with van der Waals surface area (Å²) < 4.78 is 5.58. The molecule has 1 aliphatic carbocycles. The van der Waals surface area contributed by atoms with E-state index in [0.717, 1.165) is 29.8 Å². The van der Waals surface area contributed by atoms with Crippen molar-refractivity contribution in [3.05, 3.63) is 75.9 Å². The summed E-state index contributed by atoms with van der Waals surface area (Å²) in [6.07, 6.45) is 3.51. The zero-order valence-corrected chi connectivity index (χ0v) is 17.3. The Morgan fingerprint density at radius 1 is 1.30 bits per heavy atom. The summed E-state index contributed by atoms with van der Waals surface area (Å²) in [5, 5.41) is 16.7. The number of Topliss-reactive ketones (excluding diaryl/α,β-unsaturated/α-hetero) is 1. The highest BCUT2D eigenvalue weighted by molar-refractivity contribution is 8.03. The van der Waals surface area contributed by atoms with Crippen LogP contribution in [-0.4, -0.2) is 17.4 Å². The van der Waals surface area contributed by atoms with E-state index in [1.54, 1.807) is 18.4 Å². The van der Waals surface area contributed by atoms with Crippen LogP contribution in [0.3, 0.4) is 0 Å². The van der Waals surface area contributed by atoms with Gasteiger partial charge in [0.25, 0.3) is 0 Å². The summed E-state index contributed by atoms with van der Waals surface area (Å²) in [6.45, 7) is 1.93. The first kappa shape index (κ1) is 20.0. The molecule has 4 rings (SSSR count). The number of hydrogen-bond acceptors (Lipinski definition) is 6. The van der Waals surface area contributed by atoms with Gasteiger partial charge in [0, 0.05) is 23.4 Å². The molecule has 7 heteroatoms. The molecule has 2 aromatic rings. The number of nitriles is 1. The van der Waals surface area contributed by atoms with Crippen LogP contribution in [0.4, 0.5) is 5.69 Å². The maximum absolute atomic E-state index is 12.7. The van der Waals surface area contributed by atoms with Gasteiger partial charge < -0.3 is 15.1 Å². The fourth-order valence-electron chi connectivity index (χ4n) is 3.81. The summed E-state index contributed by atoms with van der Waals surface area (Å²) >= 11 is 1.27. The van der Waals surface area contributed by atoms with E-state index in [0.29, 0.717) is 28.4 Å². The van der Waals surface area contributed by atoms with Crippen molar-refractivity contribution in [1.29, 1.82) is 5.26 Å². The Morgan fingerprint density at radius 2 is 2.13 bits per heavy atom. The predicted octanol–water partition coefficient (Wildman–Crippen LogP) is 4.39. The van der Waals surface area contributed by atoms with Gasteiger partial charge in [-0.3, -0.25) is 9.59 Å². The van der Waals surface area contributed by atoms with Crippen LogP contribution in [0.25, 0.3) is 0 Å². The maximum Gasteiger partial charge on any atom is 0.234 e. The van der Waals surface area contributed by atoms with Gasteiger partial charge in [0.1, 0.15) is 5.76 Å². The summed E-state index contributed by atoms with van der Waals surface area (Å²) in [5.41, 5.74) is 3.60. The van der Waals surface area contributed by atoms with Crippen molar-refractivity contribution >= 4 is 29.1 Å². The van der Waals surface area contributed by atoms with Gasteiger partial charge in [0.05, 0.1) is 34.6 Å². The lowest BCUT2D eigenvalue weighted by Crippen LogP contribution is -2.31. The number of ketones is 1. The van der Waals surface area contributed by atoms with Crippen LogP contribution in [0.5, 0.6) is 0 Å². The first-order valence-electron chi connectivity index (χ1n) is 9.77. The SMILES string of the molecule is Cc1ccccc1NC(=O)CSC1=C(C#N)[C@@H](c2ccco2)C2=C(CCCC2=O)N1. The average molecular weight is 420 g/mol. The van der Waals surface area contributed by atoms with Crippen molar-refractivity contribution in [2.24, 2.45) is 0 Å². The third kappa shape index (κ3) is 3.91. The molecule has 0 saturated heterocycles. The molecule has 0 saturated carbocycles. The molecule has 30 heavy (non-hydrogen) atoms. The van der Waals surface area contributed by atoms with Gasteiger partial charge in [-0.05, 0) is 43.5 Å². The normalized spacial score (nSPS) is 18.5. The monoisotopic (exact) mass is 419 g/mol. The Kier molecular flexibility index (Phi) is 5.77. The van der Waals surface area contributed by atoms with Gasteiger partial charge in [-0.25, -0.2) is 0 Å². The number of hydrogen-bond donors (Lipinski definition) is 2. The van der Waals surface area contributed by atoms with Crippen molar-refractivity contribution in [2.45, 2.75) is 32.1 Å². The van der Waals surface area contributed by atoms with Crippen molar-refractivity contribution in [2.75, 3.05) is 11.1 Å². The maximum atomic E-state index is 12.7. The number of rotatable bonds is 5. The molecule has 1 atom stereocenters. The Bertz CT molecular complexity index is 1090. The number of carbonyl (C=O) groups excluding carboxylic acids is 2. The van der Waals surface area contributed by atoms with Crippen LogP contribution in [0.2, 0.25) is 0 Å². The zero-order valence-electron chi connectivity index (χ0n) is 16.5. The Hall–Kier alpha value is -3.24. The zero-order chi connectivity index (χ0) is 21.1. The molecule has 2 aliphatic rings. The first-order chi connectivity index (χ1) is 14.6. The molecule has 1 aromatic heterocycles. The molecular formula is C23H21N3O3S. The smallest absolute Gasteiger partial charge is 0.234 e. The highest BCUT2D eigenvalue weighted by atomic mass is 32.2. The van der Waals surface area contributed by atoms with Crippen molar-refractivity contribution in [3.8, 4) is 6.07 Å². The minimum absolute atomic E-state index is 0.0410. The van der Waals surface area contributed by atoms with Crippen LogP contribution in [0, 0.1) is 18.3 Å². The number of nitrogens with zero attached hydrogens (tertiary/aromatic N) is 1. The number of para-hydroxylation sites is 1. The molecule has 0 fully saturated rings. The van der Waals surface area contributed by atoms with Crippen molar-refractivity contribution < 1.29 is 14.0 Å². The number of allylic oxidation sites excluding steroid dienone is 3. The number of benzene rings is 1. The number of nitrogens with one attached hydrogen (secondary N) is 2. The van der Waals surface area contributed by atoms with E-state index in [-0.39, 0.29) is 17.4 Å². The second-order valence-corrected chi connectivity index (χ2v) is 8.23. The van der Waals surface area contributed by atoms with Crippen molar-refractivity contribution in [1.82, 2.24) is 5.32 Å². The van der Waals surface area contributed by atoms with Gasteiger partial charge >= 0.3 is 0 Å². The molecule has 152 valence electrons. The molecule has 0 radical (unpaired) electrons. The van der Waals surface area contributed by atoms with E-state index in [9.17, 15) is 14.9 Å². The fourth-order valence-corrected chi connectivity index (χ4v) is 4.68. The van der Waals surface area contributed by atoms with Gasteiger partial charge in [0.15, 0.2) is 5.78 Å². The van der Waals surface area contributed by atoms with E-state index in [2.05, 4.69) is 16.7 Å². The summed E-state index contributed by atoms with van der Waals surface area (Å²) in [4.78, 5) is 25.2. The first-order valence-corrected chi connectivity index (χ1v) is 10.8. The standard InChI is InChI=1S/C23H21N3O3S/c1-14-6-2-3-7-16(14)25-20(28)13-30-23-15(12-24)21(19-10-5-11-29-19)22-17(26-23)8-4-9-18(22)27/h2-3,5-7,10-11,21,26H,4,8-9,13H2,1H3,(H,25,28)/t21-/m0/s1. The second-order valence-electron chi connectivity index (χ2n) is 7.25. The van der Waals surface area contributed by atoms with E-state index < -0.39 is 5.92 Å². The lowest BCUT2D eigenvalue weighted by molar-refractivity contribution is -0.116. The molecule has 6 nitrogen and oxygen atoms in total. The van der Waals surface area contributed by atoms with Crippen LogP contribution < -0.4 is 10.6 Å². The molecule has 0 unspecified atom stereocenters. The van der Waals surface area contributed by atoms with Gasteiger partial charge in [-0.1, -0.05) is 30.0 Å². The molecular weight excluding hydrogens is 398 g/mol. The number of furan rings is 1. The largest absolute Gasteiger partial charge is 0.468 e. The highest BCUT2D eigenvalue weighted by Gasteiger charge is 2.38. The van der Waals surface area contributed by atoms with Crippen molar-refractivity contribution in [3.63, 3.8) is 0 Å². The molecule has 2 N–H and O–H groups in total. The number of anilines is 1. The highest BCUT2D eigenvalue weighted by Crippen LogP contribution is 2.44. The third-order valence-corrected chi connectivity index (χ3v) is 6.27. The number of carbonyl (C=O) groups is 2. The Labute approximate surface area is 179 Å². The van der Waals surface area contributed by atoms with Crippen LogP contribution in [0.15, 0.2) is 69.0 Å². The van der Waals surface area contributed by atoms with Crippen LogP contribution >= 0.6 is 11.8 Å². The summed E-state index contributed by atoms with van der Waals surface area (Å²) in [7, 11) is 0. The molecule has 0 bridgehead atoms. The number of aryl methyl sites for hydroxylation is 1. The number of thioether (sulfide) groups is 1. The number of amides is 1. The fraction of sp³-hybridized carbons (Fsp3) is 0.261. The topological polar surface area (TPSA) is 95.1 Å². The molecule has 0 spiro atoms. The number of dihydropyridines is 1. The predicted molar refractivity (Wildman–Crippen MR) is 115 cm³/mol. The molecule has 1 aromatic carbocycles. The van der Waals surface area contributed by atoms with Crippen LogP contribution in [-0.2, 0) is 9.59 Å². The minimum Gasteiger partial charge on any atom is -0.468 e. The van der Waals surface area contributed by atoms with Gasteiger partial charge in [0.2, 0.25) is 5.91 Å². The van der Waals surface area contributed by atoms with Gasteiger partial charge in [-0.2, -0.15) is 5.26 Å². The second kappa shape index (κ2) is 8.64. The average Bonchev–Trinajstić information content (AvgIpc) is 3.27. The van der Waals surface area contributed by atoms with Crippen LogP contribution in [0.1, 0.15) is 36.5 Å². The quantitative estimate of drug-likeness (QED) is 0.746. The Morgan fingerprint density at radius 3 is 2.87 bits per heavy atom.